The second kappa shape index (κ2) is 12.5. The van der Waals surface area contributed by atoms with Crippen molar-refractivity contribution in [1.82, 2.24) is 15.0 Å². The predicted octanol–water partition coefficient (Wildman–Crippen LogP) is 7.21. The predicted molar refractivity (Wildman–Crippen MR) is 165 cm³/mol. The summed E-state index contributed by atoms with van der Waals surface area (Å²) in [4.78, 5) is 13.3. The van der Waals surface area contributed by atoms with E-state index in [0.717, 1.165) is 38.9 Å². The number of furan rings is 1. The average molecular weight is 726 g/mol. The Bertz CT molecular complexity index is 1820. The molecule has 0 atom stereocenters. The van der Waals surface area contributed by atoms with Crippen molar-refractivity contribution in [2.45, 2.75) is 13.1 Å². The zero-order valence-electron chi connectivity index (χ0n) is 22.7. The largest absolute Gasteiger partial charge is 0.486 e. The molecule has 0 N–H and O–H groups in total. The van der Waals surface area contributed by atoms with Crippen molar-refractivity contribution >= 4 is 40.5 Å². The Morgan fingerprint density at radius 3 is 2.15 bits per heavy atom. The second-order valence-electron chi connectivity index (χ2n) is 10.00. The summed E-state index contributed by atoms with van der Waals surface area (Å²) in [5, 5.41) is 4.79. The SMILES string of the molecule is C[Si](C)(c1ccccc1)c1ccc(-c2[c-]cc3oc4ncccc4c3c2)nc1.[Ir].[c-]1ccccc1-c1ccccn1. The molecule has 0 aliphatic carbocycles. The van der Waals surface area contributed by atoms with Gasteiger partial charge in [0.2, 0.25) is 5.71 Å². The molecule has 1 radical (unpaired) electrons. The number of aromatic nitrogens is 3. The quantitative estimate of drug-likeness (QED) is 0.142. The van der Waals surface area contributed by atoms with Gasteiger partial charge in [0, 0.05) is 44.1 Å². The summed E-state index contributed by atoms with van der Waals surface area (Å²) in [5.41, 5.74) is 5.34. The molecule has 0 amide bonds. The molecule has 203 valence electrons. The van der Waals surface area contributed by atoms with Gasteiger partial charge >= 0.3 is 0 Å². The van der Waals surface area contributed by atoms with E-state index in [2.05, 4.69) is 83.7 Å². The van der Waals surface area contributed by atoms with Crippen molar-refractivity contribution in [2.75, 3.05) is 0 Å². The molecule has 0 fully saturated rings. The maximum atomic E-state index is 5.80. The van der Waals surface area contributed by atoms with Gasteiger partial charge < -0.3 is 14.4 Å². The Kier molecular flexibility index (Phi) is 8.65. The Hall–Kier alpha value is -4.22. The monoisotopic (exact) mass is 726 g/mol. The minimum Gasteiger partial charge on any atom is -0.486 e. The maximum Gasteiger partial charge on any atom is 0.216 e. The van der Waals surface area contributed by atoms with E-state index >= 15 is 0 Å². The van der Waals surface area contributed by atoms with Crippen molar-refractivity contribution in [3.63, 3.8) is 0 Å². The molecule has 0 saturated carbocycles. The van der Waals surface area contributed by atoms with Gasteiger partial charge in [0.1, 0.15) is 8.07 Å². The Morgan fingerprint density at radius 1 is 0.634 bits per heavy atom. The number of fused-ring (bicyclic) bond motifs is 3. The van der Waals surface area contributed by atoms with Crippen LogP contribution in [0.25, 0.3) is 44.6 Å². The number of hydrogen-bond acceptors (Lipinski definition) is 4. The van der Waals surface area contributed by atoms with Crippen LogP contribution >= 0.6 is 0 Å². The summed E-state index contributed by atoms with van der Waals surface area (Å²) >= 11 is 0. The van der Waals surface area contributed by atoms with E-state index < -0.39 is 8.07 Å². The minimum atomic E-state index is -1.74. The van der Waals surface area contributed by atoms with Gasteiger partial charge in [-0.2, -0.15) is 0 Å². The molecule has 0 spiro atoms. The molecule has 7 aromatic rings. The third kappa shape index (κ3) is 6.10. The van der Waals surface area contributed by atoms with Crippen molar-refractivity contribution in [3.05, 3.63) is 140 Å². The molecule has 4 nitrogen and oxygen atoms in total. The normalized spacial score (nSPS) is 11.0. The summed E-state index contributed by atoms with van der Waals surface area (Å²) in [5.74, 6) is 0. The van der Waals surface area contributed by atoms with E-state index in [4.69, 9.17) is 9.40 Å². The fraction of sp³-hybridized carbons (Fsp3) is 0.0571. The molecule has 3 aromatic carbocycles. The van der Waals surface area contributed by atoms with E-state index in [0.29, 0.717) is 5.71 Å². The molecule has 0 unspecified atom stereocenters. The van der Waals surface area contributed by atoms with Gasteiger partial charge in [0.15, 0.2) is 0 Å². The molecular weight excluding hydrogens is 699 g/mol. The van der Waals surface area contributed by atoms with Crippen LogP contribution in [0.5, 0.6) is 0 Å². The van der Waals surface area contributed by atoms with Crippen molar-refractivity contribution in [1.29, 1.82) is 0 Å². The number of rotatable bonds is 4. The Balaban J connectivity index is 0.000000218. The first-order valence-electron chi connectivity index (χ1n) is 13.2. The molecule has 4 aromatic heterocycles. The summed E-state index contributed by atoms with van der Waals surface area (Å²) in [6.45, 7) is 4.73. The van der Waals surface area contributed by atoms with E-state index in [9.17, 15) is 0 Å². The van der Waals surface area contributed by atoms with Crippen molar-refractivity contribution in [3.8, 4) is 22.5 Å². The van der Waals surface area contributed by atoms with Gasteiger partial charge in [-0.05, 0) is 34.8 Å². The van der Waals surface area contributed by atoms with Crippen LogP contribution in [0.1, 0.15) is 0 Å². The van der Waals surface area contributed by atoms with Crippen LogP contribution < -0.4 is 10.4 Å². The average Bonchev–Trinajstić information content (AvgIpc) is 3.41. The van der Waals surface area contributed by atoms with E-state index in [1.165, 1.54) is 10.4 Å². The number of pyridine rings is 3. The Morgan fingerprint density at radius 2 is 1.41 bits per heavy atom. The summed E-state index contributed by atoms with van der Waals surface area (Å²) in [6, 6.07) is 43.1. The standard InChI is InChI=1S/C24H19N2OSi.C11H8N.Ir/c1-28(2,18-7-4-3-5-8-18)19-11-12-22(26-16-19)17-10-13-23-21(15-17)20-9-6-14-25-24(20)27-23;1-2-6-10(7-3-1)11-8-4-5-9-12-11;/h3-9,11-16H,1-2H3;1-6,8-9H;/q2*-1;. The van der Waals surface area contributed by atoms with Crippen LogP contribution in [0.4, 0.5) is 0 Å². The van der Waals surface area contributed by atoms with Crippen LogP contribution in [-0.2, 0) is 20.1 Å². The molecule has 7 rings (SSSR count). The van der Waals surface area contributed by atoms with Gasteiger partial charge in [0.05, 0.1) is 5.58 Å². The third-order valence-corrected chi connectivity index (χ3v) is 10.6. The number of benzene rings is 3. The molecule has 0 aliphatic rings. The molecule has 0 aliphatic heterocycles. The summed E-state index contributed by atoms with van der Waals surface area (Å²) < 4.78 is 5.80. The van der Waals surface area contributed by atoms with Gasteiger partial charge in [-0.3, -0.25) is 0 Å². The zero-order chi connectivity index (χ0) is 27.4. The molecular formula is C35H27IrN3OSi-2. The fourth-order valence-corrected chi connectivity index (χ4v) is 6.97. The molecule has 6 heteroatoms. The minimum absolute atomic E-state index is 0. The van der Waals surface area contributed by atoms with Crippen molar-refractivity contribution < 1.29 is 24.5 Å². The zero-order valence-corrected chi connectivity index (χ0v) is 26.1. The van der Waals surface area contributed by atoms with Gasteiger partial charge in [0.25, 0.3) is 0 Å². The van der Waals surface area contributed by atoms with E-state index in [1.54, 1.807) is 12.4 Å². The molecule has 41 heavy (non-hydrogen) atoms. The van der Waals surface area contributed by atoms with Crippen LogP contribution in [0.3, 0.4) is 0 Å². The second-order valence-corrected chi connectivity index (χ2v) is 14.4. The third-order valence-electron chi connectivity index (χ3n) is 7.09. The van der Waals surface area contributed by atoms with Crippen LogP contribution in [0.2, 0.25) is 13.1 Å². The van der Waals surface area contributed by atoms with Gasteiger partial charge in [-0.25, -0.2) is 4.98 Å². The summed E-state index contributed by atoms with van der Waals surface area (Å²) in [6.07, 6.45) is 5.56. The van der Waals surface area contributed by atoms with Gasteiger partial charge in [-0.1, -0.05) is 78.3 Å². The first-order valence-corrected chi connectivity index (χ1v) is 16.2. The first kappa shape index (κ1) is 28.3. The number of nitrogens with zero attached hydrogens (tertiary/aromatic N) is 3. The molecule has 0 bridgehead atoms. The van der Waals surface area contributed by atoms with Crippen LogP contribution in [0.15, 0.2) is 132 Å². The smallest absolute Gasteiger partial charge is 0.216 e. The van der Waals surface area contributed by atoms with Gasteiger partial charge in [-0.15, -0.1) is 59.7 Å². The van der Waals surface area contributed by atoms with E-state index in [1.807, 2.05) is 66.9 Å². The first-order chi connectivity index (χ1) is 19.6. The summed E-state index contributed by atoms with van der Waals surface area (Å²) in [7, 11) is -1.74. The van der Waals surface area contributed by atoms with Crippen molar-refractivity contribution in [2.24, 2.45) is 0 Å². The molecule has 4 heterocycles. The molecule has 0 saturated heterocycles. The fourth-order valence-electron chi connectivity index (χ4n) is 4.72. The number of hydrogen-bond donors (Lipinski definition) is 0. The van der Waals surface area contributed by atoms with Crippen LogP contribution in [-0.4, -0.2) is 23.0 Å². The van der Waals surface area contributed by atoms with Crippen LogP contribution in [0, 0.1) is 12.1 Å². The Labute approximate surface area is 254 Å². The van der Waals surface area contributed by atoms with E-state index in [-0.39, 0.29) is 20.1 Å². The topological polar surface area (TPSA) is 51.8 Å². The maximum absolute atomic E-state index is 5.80.